The van der Waals surface area contributed by atoms with Crippen LogP contribution in [-0.2, 0) is 6.54 Å². The summed E-state index contributed by atoms with van der Waals surface area (Å²) in [6, 6.07) is 6.21. The van der Waals surface area contributed by atoms with E-state index in [9.17, 15) is 0 Å². The molecule has 0 saturated heterocycles. The molecule has 0 radical (unpaired) electrons. The Kier molecular flexibility index (Phi) is 3.52. The first-order valence-corrected chi connectivity index (χ1v) is 8.02. The quantitative estimate of drug-likeness (QED) is 0.765. The van der Waals surface area contributed by atoms with E-state index in [-0.39, 0.29) is 0 Å². The number of nitrogens with one attached hydrogen (secondary N) is 1. The number of aromatic nitrogens is 3. The number of nitrogens with zero attached hydrogens (tertiary/aromatic N) is 3. The minimum Gasteiger partial charge on any atom is -0.378 e. The van der Waals surface area contributed by atoms with Crippen LogP contribution in [0.15, 0.2) is 22.7 Å². The van der Waals surface area contributed by atoms with Crippen LogP contribution in [0.5, 0.6) is 0 Å². The fourth-order valence-electron chi connectivity index (χ4n) is 2.42. The van der Waals surface area contributed by atoms with Crippen molar-refractivity contribution in [3.63, 3.8) is 0 Å². The number of anilines is 1. The fraction of sp³-hybridized carbons (Fsp3) is 0.286. The predicted molar refractivity (Wildman–Crippen MR) is 88.5 cm³/mol. The molecule has 1 aromatic carbocycles. The van der Waals surface area contributed by atoms with E-state index in [1.54, 1.807) is 0 Å². The van der Waals surface area contributed by atoms with Crippen LogP contribution in [0.1, 0.15) is 12.6 Å². The van der Waals surface area contributed by atoms with Crippen LogP contribution in [0.2, 0.25) is 0 Å². The molecule has 3 aromatic rings. The zero-order valence-corrected chi connectivity index (χ0v) is 14.0. The predicted octanol–water partition coefficient (Wildman–Crippen LogP) is 4.29. The van der Waals surface area contributed by atoms with Gasteiger partial charge in [-0.1, -0.05) is 15.9 Å². The number of imidazole rings is 1. The molecule has 0 amide bonds. The molecule has 0 aliphatic carbocycles. The van der Waals surface area contributed by atoms with Crippen molar-refractivity contribution in [2.45, 2.75) is 20.4 Å². The lowest BCUT2D eigenvalue weighted by molar-refractivity contribution is 0.796. The van der Waals surface area contributed by atoms with Crippen LogP contribution >= 0.6 is 27.5 Å². The van der Waals surface area contributed by atoms with E-state index in [1.165, 1.54) is 11.5 Å². The molecule has 0 fully saturated rings. The summed E-state index contributed by atoms with van der Waals surface area (Å²) in [6.45, 7) is 5.05. The third kappa shape index (κ3) is 2.03. The number of hydrogen-bond acceptors (Lipinski definition) is 4. The summed E-state index contributed by atoms with van der Waals surface area (Å²) in [6.07, 6.45) is 0. The Bertz CT molecular complexity index is 775. The Morgan fingerprint density at radius 1 is 1.40 bits per heavy atom. The van der Waals surface area contributed by atoms with Gasteiger partial charge in [-0.05, 0) is 43.6 Å². The Morgan fingerprint density at radius 3 is 2.90 bits per heavy atom. The summed E-state index contributed by atoms with van der Waals surface area (Å²) in [5, 5.41) is 4.28. The summed E-state index contributed by atoms with van der Waals surface area (Å²) in [5.41, 5.74) is 4.28. The van der Waals surface area contributed by atoms with Crippen LogP contribution in [0, 0.1) is 6.92 Å². The molecule has 0 spiro atoms. The van der Waals surface area contributed by atoms with E-state index in [2.05, 4.69) is 55.3 Å². The molecule has 0 saturated carbocycles. The van der Waals surface area contributed by atoms with Gasteiger partial charge in [0.1, 0.15) is 10.8 Å². The number of aryl methyl sites for hydroxylation is 2. The monoisotopic (exact) mass is 350 g/mol. The smallest absolute Gasteiger partial charge is 0.146 e. The normalized spacial score (nSPS) is 11.2. The molecule has 3 rings (SSSR count). The van der Waals surface area contributed by atoms with Gasteiger partial charge in [0.15, 0.2) is 0 Å². The second-order valence-corrected chi connectivity index (χ2v) is 6.22. The second-order valence-electron chi connectivity index (χ2n) is 4.53. The maximum absolute atomic E-state index is 4.82. The summed E-state index contributed by atoms with van der Waals surface area (Å²) in [7, 11) is 1.92. The first-order chi connectivity index (χ1) is 9.65. The van der Waals surface area contributed by atoms with Crippen molar-refractivity contribution in [3.8, 4) is 11.4 Å². The van der Waals surface area contributed by atoms with Crippen molar-refractivity contribution in [2.24, 2.45) is 0 Å². The Hall–Kier alpha value is -1.40. The highest BCUT2D eigenvalue weighted by Crippen LogP contribution is 2.36. The Balaban J connectivity index is 2.33. The van der Waals surface area contributed by atoms with Crippen molar-refractivity contribution >= 4 is 43.5 Å². The van der Waals surface area contributed by atoms with Crippen LogP contribution < -0.4 is 5.32 Å². The highest BCUT2D eigenvalue weighted by Gasteiger charge is 2.19. The van der Waals surface area contributed by atoms with Gasteiger partial charge < -0.3 is 9.88 Å². The fourth-order valence-corrected chi connectivity index (χ4v) is 3.51. The summed E-state index contributed by atoms with van der Waals surface area (Å²) in [4.78, 5) is 4.82. The molecule has 104 valence electrons. The zero-order valence-electron chi connectivity index (χ0n) is 11.6. The third-order valence-electron chi connectivity index (χ3n) is 3.34. The van der Waals surface area contributed by atoms with E-state index >= 15 is 0 Å². The largest absolute Gasteiger partial charge is 0.378 e. The van der Waals surface area contributed by atoms with Crippen molar-refractivity contribution in [1.82, 2.24) is 13.9 Å². The maximum Gasteiger partial charge on any atom is 0.146 e. The number of fused-ring (bicyclic) bond motifs is 1. The van der Waals surface area contributed by atoms with Crippen molar-refractivity contribution in [2.75, 3.05) is 12.4 Å². The van der Waals surface area contributed by atoms with Gasteiger partial charge in [-0.25, -0.2) is 4.98 Å². The molecule has 0 aliphatic rings. The highest BCUT2D eigenvalue weighted by atomic mass is 79.9. The van der Waals surface area contributed by atoms with Gasteiger partial charge in [-0.2, -0.15) is 4.37 Å². The lowest BCUT2D eigenvalue weighted by atomic mass is 10.2. The number of hydrogen-bond donors (Lipinski definition) is 1. The standard InChI is InChI=1S/C14H15BrN4S/c1-4-19-11-6-5-9(15)7-10(11)17-13(19)12-8(2)18-20-14(12)16-3/h5-7,16H,4H2,1-3H3. The molecule has 6 heteroatoms. The topological polar surface area (TPSA) is 42.7 Å². The molecule has 0 aliphatic heterocycles. The van der Waals surface area contributed by atoms with Crippen LogP contribution in [0.4, 0.5) is 5.00 Å². The molecule has 0 atom stereocenters. The molecule has 20 heavy (non-hydrogen) atoms. The van der Waals surface area contributed by atoms with E-state index in [0.29, 0.717) is 0 Å². The van der Waals surface area contributed by atoms with E-state index in [4.69, 9.17) is 4.98 Å². The summed E-state index contributed by atoms with van der Waals surface area (Å²) in [5.74, 6) is 0.983. The second kappa shape index (κ2) is 5.18. The average Bonchev–Trinajstić information content (AvgIpc) is 2.97. The van der Waals surface area contributed by atoms with Crippen LogP contribution in [0.3, 0.4) is 0 Å². The van der Waals surface area contributed by atoms with Gasteiger partial charge >= 0.3 is 0 Å². The average molecular weight is 351 g/mol. The molecule has 4 nitrogen and oxygen atoms in total. The van der Waals surface area contributed by atoms with Crippen molar-refractivity contribution in [3.05, 3.63) is 28.4 Å². The number of benzene rings is 1. The lowest BCUT2D eigenvalue weighted by Gasteiger charge is -2.07. The molecular formula is C14H15BrN4S. The van der Waals surface area contributed by atoms with Gasteiger partial charge in [-0.15, -0.1) is 0 Å². The Labute approximate surface area is 130 Å². The highest BCUT2D eigenvalue weighted by molar-refractivity contribution is 9.10. The van der Waals surface area contributed by atoms with Gasteiger partial charge in [0, 0.05) is 18.1 Å². The van der Waals surface area contributed by atoms with Gasteiger partial charge in [0.05, 0.1) is 22.3 Å². The van der Waals surface area contributed by atoms with Crippen LogP contribution in [0.25, 0.3) is 22.4 Å². The molecular weight excluding hydrogens is 336 g/mol. The Morgan fingerprint density at radius 2 is 2.20 bits per heavy atom. The SMILES string of the molecule is CCn1c(-c2c(C)nsc2NC)nc2cc(Br)ccc21. The van der Waals surface area contributed by atoms with E-state index in [1.807, 2.05) is 14.0 Å². The summed E-state index contributed by atoms with van der Waals surface area (Å²) >= 11 is 4.99. The zero-order chi connectivity index (χ0) is 14.3. The first kappa shape index (κ1) is 13.6. The summed E-state index contributed by atoms with van der Waals surface area (Å²) < 4.78 is 7.73. The molecule has 0 bridgehead atoms. The van der Waals surface area contributed by atoms with Crippen molar-refractivity contribution in [1.29, 1.82) is 0 Å². The molecule has 0 unspecified atom stereocenters. The minimum absolute atomic E-state index is 0.881. The van der Waals surface area contributed by atoms with Crippen molar-refractivity contribution < 1.29 is 0 Å². The molecule has 2 heterocycles. The number of halogens is 1. The number of rotatable bonds is 3. The van der Waals surface area contributed by atoms with Gasteiger partial charge in [0.25, 0.3) is 0 Å². The lowest BCUT2D eigenvalue weighted by Crippen LogP contribution is -1.99. The first-order valence-electron chi connectivity index (χ1n) is 6.46. The van der Waals surface area contributed by atoms with Crippen LogP contribution in [-0.4, -0.2) is 21.0 Å². The van der Waals surface area contributed by atoms with Gasteiger partial charge in [0.2, 0.25) is 0 Å². The maximum atomic E-state index is 4.82. The molecule has 2 aromatic heterocycles. The minimum atomic E-state index is 0.881. The molecule has 1 N–H and O–H groups in total. The third-order valence-corrected chi connectivity index (χ3v) is 4.79. The van der Waals surface area contributed by atoms with E-state index in [0.717, 1.165) is 44.1 Å². The van der Waals surface area contributed by atoms with Gasteiger partial charge in [-0.3, -0.25) is 0 Å². The van der Waals surface area contributed by atoms with E-state index < -0.39 is 0 Å².